The average molecular weight is 499 g/mol. The minimum atomic E-state index is -3.86. The molecule has 180 valence electrons. The lowest BCUT2D eigenvalue weighted by Crippen LogP contribution is -2.31. The Balaban J connectivity index is 1.23. The summed E-state index contributed by atoms with van der Waals surface area (Å²) in [5, 5.41) is 4.41. The van der Waals surface area contributed by atoms with E-state index in [0.717, 1.165) is 16.1 Å². The highest BCUT2D eigenvalue weighted by molar-refractivity contribution is 7.92. The van der Waals surface area contributed by atoms with Crippen molar-refractivity contribution in [2.45, 2.75) is 17.5 Å². The molecule has 2 N–H and O–H groups in total. The maximum atomic E-state index is 13.0. The van der Waals surface area contributed by atoms with E-state index >= 15 is 0 Å². The number of carbonyl (C=O) groups is 1. The number of aromatic nitrogens is 1. The van der Waals surface area contributed by atoms with Gasteiger partial charge < -0.3 is 10.1 Å². The van der Waals surface area contributed by atoms with Crippen LogP contribution < -0.4 is 25.4 Å². The third kappa shape index (κ3) is 5.26. The monoisotopic (exact) mass is 498 g/mol. The second-order valence-corrected chi connectivity index (χ2v) is 9.74. The molecule has 0 radical (unpaired) electrons. The van der Waals surface area contributed by atoms with Crippen molar-refractivity contribution in [1.29, 1.82) is 0 Å². The van der Waals surface area contributed by atoms with Gasteiger partial charge in [-0.25, -0.2) is 8.42 Å². The van der Waals surface area contributed by atoms with Gasteiger partial charge in [0.15, 0.2) is 5.75 Å². The number of anilines is 1. The van der Waals surface area contributed by atoms with Crippen LogP contribution in [0, 0.1) is 0 Å². The number of hydrogen-bond donors (Lipinski definition) is 2. The molecule has 9 heteroatoms. The normalized spacial score (nSPS) is 14.2. The van der Waals surface area contributed by atoms with E-state index in [2.05, 4.69) is 20.0 Å². The molecule has 5 rings (SSSR count). The summed E-state index contributed by atoms with van der Waals surface area (Å²) in [4.78, 5) is 21.0. The Labute approximate surface area is 208 Å². The minimum Gasteiger partial charge on any atom is -0.455 e. The lowest BCUT2D eigenvalue weighted by atomic mass is 10.2. The molecular formula is C27H22N4O4S. The van der Waals surface area contributed by atoms with Gasteiger partial charge in [0, 0.05) is 24.2 Å². The summed E-state index contributed by atoms with van der Waals surface area (Å²) in [5.74, 6) is 0.748. The van der Waals surface area contributed by atoms with Crippen molar-refractivity contribution in [2.75, 3.05) is 4.72 Å². The van der Waals surface area contributed by atoms with Crippen LogP contribution in [0.25, 0.3) is 6.08 Å². The molecule has 36 heavy (non-hydrogen) atoms. The van der Waals surface area contributed by atoms with Gasteiger partial charge in [-0.1, -0.05) is 42.5 Å². The summed E-state index contributed by atoms with van der Waals surface area (Å²) in [7, 11) is -3.86. The number of hydrogen-bond acceptors (Lipinski definition) is 6. The molecule has 1 aliphatic heterocycles. The van der Waals surface area contributed by atoms with Crippen LogP contribution in [0.1, 0.15) is 5.56 Å². The number of rotatable bonds is 8. The number of pyridine rings is 1. The number of carbonyl (C=O) groups excluding carboxylic acids is 1. The Morgan fingerprint density at radius 2 is 1.67 bits per heavy atom. The number of fused-ring (bicyclic) bond motifs is 1. The molecule has 1 aliphatic rings. The molecule has 0 spiro atoms. The van der Waals surface area contributed by atoms with E-state index < -0.39 is 16.1 Å². The molecule has 1 amide bonds. The first-order chi connectivity index (χ1) is 17.5. The first-order valence-electron chi connectivity index (χ1n) is 11.2. The standard InChI is InChI=1S/C27H22N4O4S/c32-27(25-16-20-18-28-15-14-23(20)30-25)29-17-19-10-12-22(13-11-19)36(33,34)31-24-8-4-5-9-26(24)35-21-6-2-1-3-7-21/h1-16,18,25,31H,17H2,(H,29,32). The van der Waals surface area contributed by atoms with Gasteiger partial charge in [0.1, 0.15) is 11.8 Å². The van der Waals surface area contributed by atoms with E-state index in [4.69, 9.17) is 4.74 Å². The molecule has 0 aliphatic carbocycles. The summed E-state index contributed by atoms with van der Waals surface area (Å²) in [6, 6.07) is 23.4. The fraction of sp³-hybridized carbons (Fsp3) is 0.0741. The highest BCUT2D eigenvalue weighted by Gasteiger charge is 2.19. The average Bonchev–Trinajstić information content (AvgIpc) is 3.34. The molecule has 1 aromatic heterocycles. The van der Waals surface area contributed by atoms with Crippen molar-refractivity contribution in [3.8, 4) is 11.5 Å². The Kier molecular flexibility index (Phi) is 6.46. The van der Waals surface area contributed by atoms with Gasteiger partial charge in [0.25, 0.3) is 10.0 Å². The summed E-state index contributed by atoms with van der Waals surface area (Å²) in [5.41, 5.74) is 1.08. The Hall–Kier alpha value is -4.50. The molecular weight excluding hydrogens is 476 g/mol. The number of sulfonamides is 1. The number of ether oxygens (including phenoxy) is 1. The topological polar surface area (TPSA) is 110 Å². The van der Waals surface area contributed by atoms with Crippen molar-refractivity contribution in [1.82, 2.24) is 10.3 Å². The lowest BCUT2D eigenvalue weighted by molar-refractivity contribution is -0.121. The van der Waals surface area contributed by atoms with Crippen LogP contribution in [-0.4, -0.2) is 25.4 Å². The summed E-state index contributed by atoms with van der Waals surface area (Å²) >= 11 is 0. The van der Waals surface area contributed by atoms with Gasteiger partial charge in [-0.05, 0) is 54.1 Å². The largest absolute Gasteiger partial charge is 0.455 e. The van der Waals surface area contributed by atoms with Gasteiger partial charge in [-0.2, -0.15) is 0 Å². The van der Waals surface area contributed by atoms with E-state index in [0.29, 0.717) is 17.2 Å². The zero-order valence-electron chi connectivity index (χ0n) is 19.0. The third-order valence-corrected chi connectivity index (χ3v) is 6.90. The van der Waals surface area contributed by atoms with Crippen molar-refractivity contribution in [3.05, 3.63) is 113 Å². The highest BCUT2D eigenvalue weighted by atomic mass is 32.2. The number of amides is 1. The van der Waals surface area contributed by atoms with Gasteiger partial charge in [-0.3, -0.25) is 19.5 Å². The maximum absolute atomic E-state index is 13.0. The number of nitrogens with one attached hydrogen (secondary N) is 2. The van der Waals surface area contributed by atoms with Gasteiger partial charge in [0.05, 0.1) is 15.9 Å². The lowest BCUT2D eigenvalue weighted by Gasteiger charge is -2.14. The second kappa shape index (κ2) is 10.0. The Morgan fingerprint density at radius 3 is 2.44 bits per heavy atom. The summed E-state index contributed by atoms with van der Waals surface area (Å²) in [6.45, 7) is 0.245. The number of para-hydroxylation sites is 3. The van der Waals surface area contributed by atoms with E-state index in [-0.39, 0.29) is 17.3 Å². The zero-order chi connectivity index (χ0) is 25.0. The molecule has 0 bridgehead atoms. The quantitative estimate of drug-likeness (QED) is 0.388. The van der Waals surface area contributed by atoms with Gasteiger partial charge in [-0.15, -0.1) is 0 Å². The molecule has 1 unspecified atom stereocenters. The second-order valence-electron chi connectivity index (χ2n) is 8.05. The first kappa shape index (κ1) is 23.3. The fourth-order valence-electron chi connectivity index (χ4n) is 3.68. The van der Waals surface area contributed by atoms with Crippen LogP contribution in [0.4, 0.5) is 5.69 Å². The van der Waals surface area contributed by atoms with Crippen molar-refractivity contribution < 1.29 is 17.9 Å². The summed E-state index contributed by atoms with van der Waals surface area (Å²) < 4.78 is 34.5. The van der Waals surface area contributed by atoms with Crippen LogP contribution in [0.2, 0.25) is 0 Å². The van der Waals surface area contributed by atoms with Crippen molar-refractivity contribution in [3.63, 3.8) is 0 Å². The predicted molar refractivity (Wildman–Crippen MR) is 135 cm³/mol. The van der Waals surface area contributed by atoms with E-state index in [1.807, 2.05) is 18.2 Å². The van der Waals surface area contributed by atoms with Crippen LogP contribution >= 0.6 is 0 Å². The molecule has 0 saturated carbocycles. The van der Waals surface area contributed by atoms with Crippen LogP contribution in [0.3, 0.4) is 0 Å². The van der Waals surface area contributed by atoms with Gasteiger partial charge >= 0.3 is 0 Å². The first-order valence-corrected chi connectivity index (χ1v) is 12.7. The van der Waals surface area contributed by atoms with E-state index in [1.54, 1.807) is 73.1 Å². The molecule has 1 atom stereocenters. The smallest absolute Gasteiger partial charge is 0.262 e. The number of benzene rings is 3. The van der Waals surface area contributed by atoms with Crippen molar-refractivity contribution in [2.24, 2.45) is 4.99 Å². The van der Waals surface area contributed by atoms with E-state index in [9.17, 15) is 13.2 Å². The van der Waals surface area contributed by atoms with Gasteiger partial charge in [0.2, 0.25) is 5.91 Å². The SMILES string of the molecule is O=C(NCc1ccc(S(=O)(=O)Nc2ccccc2Oc2ccccc2)cc1)C1C=c2cnccc2=N1. The fourth-order valence-corrected chi connectivity index (χ4v) is 4.75. The van der Waals surface area contributed by atoms with E-state index in [1.165, 1.54) is 12.1 Å². The molecule has 3 aromatic carbocycles. The molecule has 4 aromatic rings. The highest BCUT2D eigenvalue weighted by Crippen LogP contribution is 2.30. The predicted octanol–water partition coefficient (Wildman–Crippen LogP) is 2.77. The minimum absolute atomic E-state index is 0.0918. The zero-order valence-corrected chi connectivity index (χ0v) is 19.9. The van der Waals surface area contributed by atoms with Crippen molar-refractivity contribution >= 4 is 27.7 Å². The molecule has 0 saturated heterocycles. The Bertz CT molecular complexity index is 1590. The molecule has 8 nitrogen and oxygen atoms in total. The van der Waals surface area contributed by atoms with Crippen LogP contribution in [-0.2, 0) is 21.4 Å². The summed E-state index contributed by atoms with van der Waals surface area (Å²) in [6.07, 6.45) is 5.07. The Morgan fingerprint density at radius 1 is 0.917 bits per heavy atom. The van der Waals surface area contributed by atoms with Crippen LogP contribution in [0.5, 0.6) is 11.5 Å². The molecule has 2 heterocycles. The number of nitrogens with zero attached hydrogens (tertiary/aromatic N) is 2. The third-order valence-electron chi connectivity index (χ3n) is 5.51. The van der Waals surface area contributed by atoms with Crippen LogP contribution in [0.15, 0.2) is 107 Å². The molecule has 0 fully saturated rings. The maximum Gasteiger partial charge on any atom is 0.262 e.